The molecule has 0 bridgehead atoms. The number of aromatic nitrogens is 3. The predicted octanol–water partition coefficient (Wildman–Crippen LogP) is -0.381. The van der Waals surface area contributed by atoms with Gasteiger partial charge in [0, 0.05) is 37.5 Å². The summed E-state index contributed by atoms with van der Waals surface area (Å²) in [4.78, 5) is 28.9. The zero-order chi connectivity index (χ0) is 18.2. The summed E-state index contributed by atoms with van der Waals surface area (Å²) < 4.78 is 1.48. The maximum Gasteiger partial charge on any atom is 0.269 e. The predicted molar refractivity (Wildman–Crippen MR) is 88.7 cm³/mol. The monoisotopic (exact) mass is 339 g/mol. The number of rotatable bonds is 2. The molecule has 0 aromatic carbocycles. The van der Waals surface area contributed by atoms with Crippen molar-refractivity contribution in [2.24, 2.45) is 5.73 Å². The number of hydrogen-bond donors (Lipinski definition) is 2. The van der Waals surface area contributed by atoms with E-state index in [1.54, 1.807) is 32.2 Å². The van der Waals surface area contributed by atoms with Crippen molar-refractivity contribution < 1.29 is 14.7 Å². The van der Waals surface area contributed by atoms with Crippen LogP contribution in [-0.4, -0.2) is 55.8 Å². The molecule has 8 nitrogen and oxygen atoms in total. The second kappa shape index (κ2) is 6.03. The maximum absolute atomic E-state index is 12.0. The van der Waals surface area contributed by atoms with Gasteiger partial charge in [-0.3, -0.25) is 9.59 Å². The number of likely N-dealkylation sites (N-methyl/N-ethyl adjacent to an activating group) is 1. The number of hydrogen-bond acceptors (Lipinski definition) is 5. The molecule has 0 radical (unpaired) electrons. The van der Waals surface area contributed by atoms with Gasteiger partial charge in [-0.2, -0.15) is 5.10 Å². The molecule has 0 aliphatic carbocycles. The summed E-state index contributed by atoms with van der Waals surface area (Å²) >= 11 is 0. The molecule has 2 aromatic heterocycles. The molecule has 1 fully saturated rings. The van der Waals surface area contributed by atoms with Crippen molar-refractivity contribution in [2.45, 2.75) is 18.9 Å². The Bertz CT molecular complexity index is 924. The molecule has 0 spiro atoms. The van der Waals surface area contributed by atoms with Crippen molar-refractivity contribution in [3.63, 3.8) is 0 Å². The van der Waals surface area contributed by atoms with Crippen LogP contribution in [-0.2, 0) is 4.79 Å². The molecule has 1 aliphatic rings. The number of carbonyl (C=O) groups excluding carboxylic acids is 2. The van der Waals surface area contributed by atoms with Crippen molar-refractivity contribution in [3.05, 3.63) is 41.3 Å². The lowest BCUT2D eigenvalue weighted by Gasteiger charge is -2.13. The first-order valence-electron chi connectivity index (χ1n) is 7.64. The Morgan fingerprint density at radius 2 is 2.20 bits per heavy atom. The molecule has 3 heterocycles. The molecule has 2 aromatic rings. The number of nitrogens with zero attached hydrogens (tertiary/aromatic N) is 4. The van der Waals surface area contributed by atoms with E-state index in [0.717, 1.165) is 0 Å². The first kappa shape index (κ1) is 16.7. The van der Waals surface area contributed by atoms with Gasteiger partial charge < -0.3 is 15.7 Å². The zero-order valence-corrected chi connectivity index (χ0v) is 13.9. The molecule has 1 aliphatic heterocycles. The molecule has 25 heavy (non-hydrogen) atoms. The van der Waals surface area contributed by atoms with Crippen LogP contribution in [0.3, 0.4) is 0 Å². The zero-order valence-electron chi connectivity index (χ0n) is 13.9. The van der Waals surface area contributed by atoms with Crippen molar-refractivity contribution in [3.8, 4) is 17.7 Å². The van der Waals surface area contributed by atoms with Crippen LogP contribution in [0.1, 0.15) is 28.2 Å². The third kappa shape index (κ3) is 3.09. The maximum atomic E-state index is 12.0. The highest BCUT2D eigenvalue weighted by Gasteiger charge is 2.42. The van der Waals surface area contributed by atoms with E-state index in [4.69, 9.17) is 5.73 Å². The van der Waals surface area contributed by atoms with Gasteiger partial charge in [0.1, 0.15) is 0 Å². The van der Waals surface area contributed by atoms with Crippen LogP contribution in [0.4, 0.5) is 0 Å². The Labute approximate surface area is 144 Å². The quantitative estimate of drug-likeness (QED) is 0.724. The van der Waals surface area contributed by atoms with Gasteiger partial charge in [-0.25, -0.2) is 9.67 Å². The minimum atomic E-state index is -1.65. The second-order valence-electron chi connectivity index (χ2n) is 5.94. The third-order valence-corrected chi connectivity index (χ3v) is 4.03. The van der Waals surface area contributed by atoms with Gasteiger partial charge in [0.25, 0.3) is 11.8 Å². The molecule has 3 rings (SSSR count). The molecule has 128 valence electrons. The van der Waals surface area contributed by atoms with Crippen LogP contribution < -0.4 is 5.73 Å². The van der Waals surface area contributed by atoms with E-state index in [2.05, 4.69) is 21.9 Å². The van der Waals surface area contributed by atoms with Crippen molar-refractivity contribution in [2.75, 3.05) is 13.6 Å². The van der Waals surface area contributed by atoms with Gasteiger partial charge >= 0.3 is 0 Å². The number of primary amides is 1. The first-order chi connectivity index (χ1) is 11.8. The van der Waals surface area contributed by atoms with Crippen molar-refractivity contribution >= 4 is 11.8 Å². The topological polar surface area (TPSA) is 114 Å². The van der Waals surface area contributed by atoms with E-state index in [-0.39, 0.29) is 12.1 Å². The van der Waals surface area contributed by atoms with Crippen LogP contribution in [0.5, 0.6) is 0 Å². The highest BCUT2D eigenvalue weighted by molar-refractivity contribution is 5.91. The molecular formula is C17H17N5O3. The molecule has 3 N–H and O–H groups in total. The Morgan fingerprint density at radius 3 is 2.80 bits per heavy atom. The minimum absolute atomic E-state index is 0.143. The fourth-order valence-corrected chi connectivity index (χ4v) is 2.58. The molecule has 8 heteroatoms. The van der Waals surface area contributed by atoms with Crippen LogP contribution in [0, 0.1) is 18.8 Å². The van der Waals surface area contributed by atoms with E-state index in [1.807, 2.05) is 0 Å². The summed E-state index contributed by atoms with van der Waals surface area (Å²) in [7, 11) is 1.63. The molecule has 0 saturated carbocycles. The van der Waals surface area contributed by atoms with E-state index in [0.29, 0.717) is 23.6 Å². The van der Waals surface area contributed by atoms with Gasteiger partial charge in [-0.05, 0) is 25.1 Å². The second-order valence-corrected chi connectivity index (χ2v) is 5.94. The largest absolute Gasteiger partial charge is 0.369 e. The number of aliphatic hydroxyl groups is 1. The van der Waals surface area contributed by atoms with Gasteiger partial charge in [0.2, 0.25) is 5.60 Å². The van der Waals surface area contributed by atoms with Gasteiger partial charge in [0.05, 0.1) is 0 Å². The van der Waals surface area contributed by atoms with Crippen LogP contribution >= 0.6 is 0 Å². The van der Waals surface area contributed by atoms with Gasteiger partial charge in [-0.1, -0.05) is 11.8 Å². The Kier molecular flexibility index (Phi) is 4.02. The normalized spacial score (nSPS) is 19.6. The lowest BCUT2D eigenvalue weighted by Crippen LogP contribution is -2.37. The summed E-state index contributed by atoms with van der Waals surface area (Å²) in [5.41, 5.74) is 4.99. The summed E-state index contributed by atoms with van der Waals surface area (Å²) in [6.07, 6.45) is 1.81. The van der Waals surface area contributed by atoms with Crippen LogP contribution in [0.25, 0.3) is 5.82 Å². The molecule has 0 unspecified atom stereocenters. The Hall–Kier alpha value is -3.18. The van der Waals surface area contributed by atoms with E-state index in [9.17, 15) is 14.7 Å². The lowest BCUT2D eigenvalue weighted by molar-refractivity contribution is -0.137. The molecule has 1 saturated heterocycles. The number of likely N-dealkylation sites (tertiary alicyclic amines) is 1. The summed E-state index contributed by atoms with van der Waals surface area (Å²) in [5.74, 6) is 4.91. The van der Waals surface area contributed by atoms with E-state index >= 15 is 0 Å². The number of carbonyl (C=O) groups is 2. The summed E-state index contributed by atoms with van der Waals surface area (Å²) in [6.45, 7) is 2.24. The molecular weight excluding hydrogens is 322 g/mol. The SMILES string of the molecule is Cc1cc(C(N)=O)nn1-c1cc(C#C[C@]2(O)CCN(C)C2=O)ccn1. The van der Waals surface area contributed by atoms with Crippen molar-refractivity contribution in [1.82, 2.24) is 19.7 Å². The Morgan fingerprint density at radius 1 is 1.44 bits per heavy atom. The third-order valence-electron chi connectivity index (χ3n) is 4.03. The average Bonchev–Trinajstić information content (AvgIpc) is 3.10. The van der Waals surface area contributed by atoms with Gasteiger partial charge in [0.15, 0.2) is 11.5 Å². The standard InChI is InChI=1S/C17H17N5O3/c1-11-9-13(15(18)23)20-22(11)14-10-12(4-7-19-14)3-5-17(25)6-8-21(2)16(17)24/h4,7,9-10,25H,6,8H2,1-2H3,(H2,18,23)/t17-/m0/s1. The first-order valence-corrected chi connectivity index (χ1v) is 7.64. The van der Waals surface area contributed by atoms with E-state index in [1.165, 1.54) is 15.8 Å². The number of aryl methyl sites for hydroxylation is 1. The smallest absolute Gasteiger partial charge is 0.269 e. The fraction of sp³-hybridized carbons (Fsp3) is 0.294. The highest BCUT2D eigenvalue weighted by atomic mass is 16.3. The Balaban J connectivity index is 1.93. The van der Waals surface area contributed by atoms with Crippen LogP contribution in [0.15, 0.2) is 24.4 Å². The number of pyridine rings is 1. The summed E-state index contributed by atoms with van der Waals surface area (Å²) in [6, 6.07) is 4.89. The number of nitrogens with two attached hydrogens (primary N) is 1. The van der Waals surface area contributed by atoms with Gasteiger partial charge in [-0.15, -0.1) is 0 Å². The molecule has 2 amide bonds. The summed E-state index contributed by atoms with van der Waals surface area (Å²) in [5, 5.41) is 14.5. The van der Waals surface area contributed by atoms with E-state index < -0.39 is 17.4 Å². The number of amides is 2. The molecule has 1 atom stereocenters. The minimum Gasteiger partial charge on any atom is -0.369 e. The lowest BCUT2D eigenvalue weighted by atomic mass is 10.0. The fourth-order valence-electron chi connectivity index (χ4n) is 2.58. The van der Waals surface area contributed by atoms with Crippen molar-refractivity contribution in [1.29, 1.82) is 0 Å². The highest BCUT2D eigenvalue weighted by Crippen LogP contribution is 2.21. The average molecular weight is 339 g/mol. The van der Waals surface area contributed by atoms with Crippen LogP contribution in [0.2, 0.25) is 0 Å².